The van der Waals surface area contributed by atoms with Gasteiger partial charge in [0.2, 0.25) is 0 Å². The van der Waals surface area contributed by atoms with E-state index in [0.717, 1.165) is 5.56 Å². The molecule has 0 aliphatic rings. The van der Waals surface area contributed by atoms with Crippen molar-refractivity contribution in [2.45, 2.75) is 13.2 Å². The minimum Gasteiger partial charge on any atom is -0.493 e. The maximum atomic E-state index is 9.17. The molecular weight excluding hydrogens is 299 g/mol. The Hall–Kier alpha value is -1.42. The quantitative estimate of drug-likeness (QED) is 0.904. The summed E-state index contributed by atoms with van der Waals surface area (Å²) < 4.78 is 10.9. The van der Waals surface area contributed by atoms with Crippen LogP contribution in [0, 0.1) is 0 Å². The highest BCUT2D eigenvalue weighted by Crippen LogP contribution is 2.33. The second-order valence-electron chi connectivity index (χ2n) is 4.17. The number of methoxy groups -OCH3 is 1. The third kappa shape index (κ3) is 3.57. The Bertz CT molecular complexity index is 582. The molecule has 0 fully saturated rings. The Morgan fingerprint density at radius 2 is 1.75 bits per heavy atom. The maximum Gasteiger partial charge on any atom is 0.163 e. The van der Waals surface area contributed by atoms with Crippen LogP contribution in [0.5, 0.6) is 11.5 Å². The van der Waals surface area contributed by atoms with Crippen molar-refractivity contribution in [2.75, 3.05) is 7.11 Å². The van der Waals surface area contributed by atoms with Crippen LogP contribution < -0.4 is 9.47 Å². The predicted octanol–water partition coefficient (Wildman–Crippen LogP) is 4.07. The van der Waals surface area contributed by atoms with Gasteiger partial charge in [0.1, 0.15) is 6.61 Å². The van der Waals surface area contributed by atoms with Crippen molar-refractivity contribution in [1.29, 1.82) is 0 Å². The smallest absolute Gasteiger partial charge is 0.163 e. The van der Waals surface area contributed by atoms with Crippen LogP contribution in [0.4, 0.5) is 0 Å². The average molecular weight is 313 g/mol. The van der Waals surface area contributed by atoms with Crippen LogP contribution in [0.15, 0.2) is 36.4 Å². The molecule has 0 unspecified atom stereocenters. The fraction of sp³-hybridized carbons (Fsp3) is 0.200. The van der Waals surface area contributed by atoms with Gasteiger partial charge in [-0.3, -0.25) is 0 Å². The summed E-state index contributed by atoms with van der Waals surface area (Å²) in [5, 5.41) is 10.3. The lowest BCUT2D eigenvalue weighted by atomic mass is 10.2. The van der Waals surface area contributed by atoms with Crippen LogP contribution in [0.2, 0.25) is 10.0 Å². The molecule has 0 aliphatic carbocycles. The molecule has 2 aromatic rings. The van der Waals surface area contributed by atoms with Crippen molar-refractivity contribution in [2.24, 2.45) is 0 Å². The van der Waals surface area contributed by atoms with Crippen molar-refractivity contribution in [1.82, 2.24) is 0 Å². The van der Waals surface area contributed by atoms with Crippen molar-refractivity contribution in [3.05, 3.63) is 57.6 Å². The largest absolute Gasteiger partial charge is 0.493 e. The second kappa shape index (κ2) is 6.84. The molecule has 2 aromatic carbocycles. The number of ether oxygens (including phenoxy) is 2. The molecule has 0 radical (unpaired) electrons. The Morgan fingerprint density at radius 3 is 2.35 bits per heavy atom. The number of halogens is 2. The van der Waals surface area contributed by atoms with Crippen LogP contribution in [0.1, 0.15) is 11.1 Å². The first kappa shape index (κ1) is 15.0. The van der Waals surface area contributed by atoms with Gasteiger partial charge in [0.05, 0.1) is 18.7 Å². The van der Waals surface area contributed by atoms with E-state index in [0.29, 0.717) is 33.7 Å². The molecule has 0 aromatic heterocycles. The van der Waals surface area contributed by atoms with Crippen molar-refractivity contribution >= 4 is 23.2 Å². The Kier molecular flexibility index (Phi) is 5.12. The summed E-state index contributed by atoms with van der Waals surface area (Å²) in [6.45, 7) is 0.231. The topological polar surface area (TPSA) is 38.7 Å². The number of benzene rings is 2. The van der Waals surface area contributed by atoms with Gasteiger partial charge in [-0.05, 0) is 29.3 Å². The third-order valence-corrected chi connectivity index (χ3v) is 3.41. The molecule has 0 saturated carbocycles. The molecule has 106 valence electrons. The van der Waals surface area contributed by atoms with Crippen LogP contribution in [0.3, 0.4) is 0 Å². The van der Waals surface area contributed by atoms with E-state index in [1.54, 1.807) is 31.4 Å². The van der Waals surface area contributed by atoms with E-state index in [1.807, 2.05) is 12.1 Å². The molecular formula is C15H14Cl2O3. The summed E-state index contributed by atoms with van der Waals surface area (Å²) in [6.07, 6.45) is 0. The van der Waals surface area contributed by atoms with E-state index < -0.39 is 0 Å². The van der Waals surface area contributed by atoms with E-state index in [2.05, 4.69) is 0 Å². The van der Waals surface area contributed by atoms with E-state index >= 15 is 0 Å². The normalized spacial score (nSPS) is 10.4. The Balaban J connectivity index is 2.16. The van der Waals surface area contributed by atoms with Gasteiger partial charge in [-0.1, -0.05) is 35.3 Å². The van der Waals surface area contributed by atoms with E-state index in [-0.39, 0.29) is 6.61 Å². The number of aliphatic hydroxyl groups excluding tert-OH is 1. The highest BCUT2D eigenvalue weighted by Gasteiger charge is 2.10. The lowest BCUT2D eigenvalue weighted by molar-refractivity contribution is 0.274. The van der Waals surface area contributed by atoms with E-state index in [4.69, 9.17) is 37.8 Å². The SMILES string of the molecule is COc1cc(CO)c(Cl)cc1OCc1ccc(Cl)cc1. The minimum absolute atomic E-state index is 0.146. The minimum atomic E-state index is -0.146. The second-order valence-corrected chi connectivity index (χ2v) is 5.01. The van der Waals surface area contributed by atoms with Crippen LogP contribution in [0.25, 0.3) is 0 Å². The van der Waals surface area contributed by atoms with Gasteiger partial charge in [-0.25, -0.2) is 0 Å². The highest BCUT2D eigenvalue weighted by molar-refractivity contribution is 6.31. The van der Waals surface area contributed by atoms with Gasteiger partial charge in [-0.2, -0.15) is 0 Å². The van der Waals surface area contributed by atoms with Crippen LogP contribution in [-0.4, -0.2) is 12.2 Å². The molecule has 0 amide bonds. The molecule has 5 heteroatoms. The summed E-state index contributed by atoms with van der Waals surface area (Å²) in [7, 11) is 1.54. The van der Waals surface area contributed by atoms with Crippen molar-refractivity contribution in [3.8, 4) is 11.5 Å². The predicted molar refractivity (Wildman–Crippen MR) is 79.7 cm³/mol. The van der Waals surface area contributed by atoms with E-state index in [9.17, 15) is 0 Å². The molecule has 0 spiro atoms. The Labute approximate surface area is 127 Å². The highest BCUT2D eigenvalue weighted by atomic mass is 35.5. The lowest BCUT2D eigenvalue weighted by Crippen LogP contribution is -1.99. The van der Waals surface area contributed by atoms with Crippen LogP contribution >= 0.6 is 23.2 Å². The number of aliphatic hydroxyl groups is 1. The monoisotopic (exact) mass is 312 g/mol. The summed E-state index contributed by atoms with van der Waals surface area (Å²) in [4.78, 5) is 0. The van der Waals surface area contributed by atoms with Gasteiger partial charge in [-0.15, -0.1) is 0 Å². The summed E-state index contributed by atoms with van der Waals surface area (Å²) in [6, 6.07) is 10.7. The number of hydrogen-bond donors (Lipinski definition) is 1. The van der Waals surface area contributed by atoms with Gasteiger partial charge in [0, 0.05) is 11.1 Å². The summed E-state index contributed by atoms with van der Waals surface area (Å²) >= 11 is 11.9. The fourth-order valence-electron chi connectivity index (χ4n) is 1.71. The molecule has 0 atom stereocenters. The first-order chi connectivity index (χ1) is 9.63. The molecule has 20 heavy (non-hydrogen) atoms. The standard InChI is InChI=1S/C15H14Cl2O3/c1-19-14-6-11(8-18)13(17)7-15(14)20-9-10-2-4-12(16)5-3-10/h2-7,18H,8-9H2,1H3. The summed E-state index contributed by atoms with van der Waals surface area (Å²) in [5.74, 6) is 1.07. The van der Waals surface area contributed by atoms with Gasteiger partial charge >= 0.3 is 0 Å². The summed E-state index contributed by atoms with van der Waals surface area (Å²) in [5.41, 5.74) is 1.58. The first-order valence-electron chi connectivity index (χ1n) is 5.98. The van der Waals surface area contributed by atoms with Crippen molar-refractivity contribution < 1.29 is 14.6 Å². The maximum absolute atomic E-state index is 9.17. The van der Waals surface area contributed by atoms with Gasteiger partial charge in [0.15, 0.2) is 11.5 Å². The fourth-order valence-corrected chi connectivity index (χ4v) is 2.05. The van der Waals surface area contributed by atoms with Gasteiger partial charge < -0.3 is 14.6 Å². The third-order valence-electron chi connectivity index (χ3n) is 2.81. The number of rotatable bonds is 5. The molecule has 0 heterocycles. The van der Waals surface area contributed by atoms with E-state index in [1.165, 1.54) is 0 Å². The molecule has 3 nitrogen and oxygen atoms in total. The number of hydrogen-bond acceptors (Lipinski definition) is 3. The molecule has 2 rings (SSSR count). The zero-order chi connectivity index (χ0) is 14.5. The zero-order valence-electron chi connectivity index (χ0n) is 10.9. The first-order valence-corrected chi connectivity index (χ1v) is 6.74. The Morgan fingerprint density at radius 1 is 1.05 bits per heavy atom. The molecule has 1 N–H and O–H groups in total. The molecule has 0 bridgehead atoms. The molecule has 0 saturated heterocycles. The zero-order valence-corrected chi connectivity index (χ0v) is 12.4. The van der Waals surface area contributed by atoms with Crippen LogP contribution in [-0.2, 0) is 13.2 Å². The lowest BCUT2D eigenvalue weighted by Gasteiger charge is -2.13. The van der Waals surface area contributed by atoms with Gasteiger partial charge in [0.25, 0.3) is 0 Å². The molecule has 0 aliphatic heterocycles. The van der Waals surface area contributed by atoms with Crippen molar-refractivity contribution in [3.63, 3.8) is 0 Å². The average Bonchev–Trinajstić information content (AvgIpc) is 2.46.